The molecular weight excluding hydrogens is 499 g/mol. The minimum atomic E-state index is -0.290. The standard InChI is InChI=1S/C35H47FN2O2/c1-3-4-5-6-7-8-9-10-11-12-16-19-29(26(2)39)35(22-23-35)34-33(27-17-14-13-15-18-27)31-25-40-32-21-20-28(36)24-30(32)38(31)37-34/h13-15,17-18,20-21,24,29,31,33H,3-12,16,19,22-23,25H2,1-2H3/t29-,31?,33?/m0/s1. The molecule has 1 fully saturated rings. The SMILES string of the molecule is CCCCCCCCCCCCC[C@@H](C(C)=O)C1(C2=NN3c4cc(F)ccc4OCC3C2c2ccccc2)CC1. The number of ketones is 1. The van der Waals surface area contributed by atoms with Gasteiger partial charge in [0.2, 0.25) is 0 Å². The monoisotopic (exact) mass is 546 g/mol. The van der Waals surface area contributed by atoms with Crippen LogP contribution in [0.5, 0.6) is 5.75 Å². The normalized spacial score (nSPS) is 21.3. The maximum atomic E-state index is 14.3. The van der Waals surface area contributed by atoms with Gasteiger partial charge in [0.25, 0.3) is 0 Å². The second-order valence-electron chi connectivity index (χ2n) is 12.4. The van der Waals surface area contributed by atoms with E-state index in [2.05, 4.69) is 31.2 Å². The van der Waals surface area contributed by atoms with Gasteiger partial charge in [-0.2, -0.15) is 5.10 Å². The fourth-order valence-corrected chi connectivity index (χ4v) is 7.19. The minimum absolute atomic E-state index is 0.00900. The number of fused-ring (bicyclic) bond motifs is 3. The lowest BCUT2D eigenvalue weighted by molar-refractivity contribution is -0.122. The Balaban J connectivity index is 1.27. The Hall–Kier alpha value is -2.69. The van der Waals surface area contributed by atoms with Crippen LogP contribution in [0.2, 0.25) is 0 Å². The van der Waals surface area contributed by atoms with E-state index in [4.69, 9.17) is 9.84 Å². The first kappa shape index (κ1) is 28.8. The number of unbranched alkanes of at least 4 members (excludes halogenated alkanes) is 10. The number of ether oxygens (including phenoxy) is 1. The molecule has 0 radical (unpaired) electrons. The molecule has 0 aromatic heterocycles. The second-order valence-corrected chi connectivity index (χ2v) is 12.4. The number of hydrogen-bond acceptors (Lipinski definition) is 4. The van der Waals surface area contributed by atoms with E-state index >= 15 is 0 Å². The lowest BCUT2D eigenvalue weighted by Crippen LogP contribution is -2.42. The van der Waals surface area contributed by atoms with Crippen molar-refractivity contribution in [3.63, 3.8) is 0 Å². The Morgan fingerprint density at radius 1 is 0.975 bits per heavy atom. The van der Waals surface area contributed by atoms with Crippen LogP contribution in [0.25, 0.3) is 0 Å². The molecule has 0 bridgehead atoms. The lowest BCUT2D eigenvalue weighted by Gasteiger charge is -2.34. The molecule has 0 saturated heterocycles. The van der Waals surface area contributed by atoms with Gasteiger partial charge in [-0.1, -0.05) is 108 Å². The van der Waals surface area contributed by atoms with E-state index < -0.39 is 0 Å². The molecule has 2 aliphatic heterocycles. The molecule has 0 amide bonds. The number of Topliss-reactive ketones (excluding diaryl/α,β-unsaturated/α-hetero) is 1. The van der Waals surface area contributed by atoms with Crippen molar-refractivity contribution in [1.29, 1.82) is 0 Å². The number of nitrogens with zero attached hydrogens (tertiary/aromatic N) is 2. The molecule has 3 atom stereocenters. The van der Waals surface area contributed by atoms with Crippen LogP contribution >= 0.6 is 0 Å². The summed E-state index contributed by atoms with van der Waals surface area (Å²) in [6, 6.07) is 15.1. The predicted octanol–water partition coefficient (Wildman–Crippen LogP) is 9.23. The average Bonchev–Trinajstić information content (AvgIpc) is 3.65. The summed E-state index contributed by atoms with van der Waals surface area (Å²) in [6.07, 6.45) is 17.3. The van der Waals surface area contributed by atoms with Crippen molar-refractivity contribution in [3.05, 3.63) is 59.9 Å². The van der Waals surface area contributed by atoms with Gasteiger partial charge in [0, 0.05) is 17.4 Å². The van der Waals surface area contributed by atoms with Crippen molar-refractivity contribution in [2.24, 2.45) is 16.4 Å². The zero-order valence-corrected chi connectivity index (χ0v) is 24.5. The predicted molar refractivity (Wildman–Crippen MR) is 162 cm³/mol. The third kappa shape index (κ3) is 6.29. The summed E-state index contributed by atoms with van der Waals surface area (Å²) in [5, 5.41) is 7.24. The topological polar surface area (TPSA) is 41.9 Å². The molecule has 2 aromatic rings. The number of rotatable bonds is 16. The van der Waals surface area contributed by atoms with Crippen LogP contribution < -0.4 is 9.75 Å². The van der Waals surface area contributed by atoms with Crippen LogP contribution in [0.1, 0.15) is 115 Å². The molecule has 0 spiro atoms. The van der Waals surface area contributed by atoms with Crippen molar-refractivity contribution in [1.82, 2.24) is 0 Å². The van der Waals surface area contributed by atoms with Crippen molar-refractivity contribution in [3.8, 4) is 5.75 Å². The fraction of sp³-hybridized carbons (Fsp3) is 0.600. The minimum Gasteiger partial charge on any atom is -0.489 e. The van der Waals surface area contributed by atoms with Crippen LogP contribution in [-0.2, 0) is 4.79 Å². The second kappa shape index (κ2) is 13.3. The molecule has 2 heterocycles. The molecule has 4 nitrogen and oxygen atoms in total. The van der Waals surface area contributed by atoms with E-state index in [1.54, 1.807) is 13.0 Å². The molecule has 40 heavy (non-hydrogen) atoms. The van der Waals surface area contributed by atoms with Crippen molar-refractivity contribution < 1.29 is 13.9 Å². The molecule has 2 unspecified atom stereocenters. The van der Waals surface area contributed by atoms with E-state index in [-0.39, 0.29) is 34.9 Å². The van der Waals surface area contributed by atoms with Gasteiger partial charge in [-0.15, -0.1) is 0 Å². The number of anilines is 1. The van der Waals surface area contributed by atoms with Gasteiger partial charge >= 0.3 is 0 Å². The number of carbonyl (C=O) groups is 1. The third-order valence-corrected chi connectivity index (χ3v) is 9.50. The molecule has 5 heteroatoms. The molecule has 3 aliphatic rings. The summed E-state index contributed by atoms with van der Waals surface area (Å²) in [7, 11) is 0. The van der Waals surface area contributed by atoms with E-state index in [1.807, 2.05) is 11.1 Å². The smallest absolute Gasteiger partial charge is 0.144 e. The van der Waals surface area contributed by atoms with Crippen LogP contribution in [0.15, 0.2) is 53.6 Å². The number of hydrazone groups is 1. The van der Waals surface area contributed by atoms with Crippen LogP contribution in [0, 0.1) is 17.2 Å². The van der Waals surface area contributed by atoms with Crippen molar-refractivity contribution >= 4 is 17.2 Å². The van der Waals surface area contributed by atoms with Crippen LogP contribution in [0.3, 0.4) is 0 Å². The lowest BCUT2D eigenvalue weighted by atomic mass is 9.72. The summed E-state index contributed by atoms with van der Waals surface area (Å²) in [5.41, 5.74) is 2.79. The molecular formula is C35H47FN2O2. The summed E-state index contributed by atoms with van der Waals surface area (Å²) in [4.78, 5) is 13.2. The molecule has 2 aromatic carbocycles. The Labute approximate surface area is 240 Å². The quantitative estimate of drug-likeness (QED) is 0.197. The van der Waals surface area contributed by atoms with Gasteiger partial charge in [-0.3, -0.25) is 9.80 Å². The average molecular weight is 547 g/mol. The van der Waals surface area contributed by atoms with Crippen molar-refractivity contribution in [2.45, 2.75) is 116 Å². The Morgan fingerprint density at radius 2 is 1.62 bits per heavy atom. The maximum absolute atomic E-state index is 14.3. The first-order valence-electron chi connectivity index (χ1n) is 15.9. The highest BCUT2D eigenvalue weighted by molar-refractivity contribution is 6.04. The van der Waals surface area contributed by atoms with E-state index in [0.717, 1.165) is 31.4 Å². The largest absolute Gasteiger partial charge is 0.489 e. The fourth-order valence-electron chi connectivity index (χ4n) is 7.19. The van der Waals surface area contributed by atoms with E-state index in [9.17, 15) is 9.18 Å². The number of halogens is 1. The molecule has 1 aliphatic carbocycles. The zero-order chi connectivity index (χ0) is 28.0. The Morgan fingerprint density at radius 3 is 2.25 bits per heavy atom. The van der Waals surface area contributed by atoms with Gasteiger partial charge in [0.15, 0.2) is 0 Å². The van der Waals surface area contributed by atoms with Gasteiger partial charge in [-0.05, 0) is 43.9 Å². The van der Waals surface area contributed by atoms with Crippen molar-refractivity contribution in [2.75, 3.05) is 11.6 Å². The number of benzene rings is 2. The molecule has 5 rings (SSSR count). The summed E-state index contributed by atoms with van der Waals surface area (Å²) in [6.45, 7) is 4.53. The first-order chi connectivity index (χ1) is 19.5. The first-order valence-corrected chi connectivity index (χ1v) is 15.9. The molecule has 216 valence electrons. The van der Waals surface area contributed by atoms with Gasteiger partial charge < -0.3 is 4.74 Å². The van der Waals surface area contributed by atoms with E-state index in [0.29, 0.717) is 18.0 Å². The number of hydrogen-bond donors (Lipinski definition) is 0. The molecule has 1 saturated carbocycles. The zero-order valence-electron chi connectivity index (χ0n) is 24.5. The Bertz CT molecular complexity index is 1160. The Kier molecular flexibility index (Phi) is 9.59. The highest BCUT2D eigenvalue weighted by Crippen LogP contribution is 2.60. The van der Waals surface area contributed by atoms with E-state index in [1.165, 1.54) is 81.9 Å². The number of carbonyl (C=O) groups excluding carboxylic acids is 1. The van der Waals surface area contributed by atoms with Gasteiger partial charge in [-0.25, -0.2) is 4.39 Å². The maximum Gasteiger partial charge on any atom is 0.144 e. The van der Waals surface area contributed by atoms with Gasteiger partial charge in [0.1, 0.15) is 29.6 Å². The van der Waals surface area contributed by atoms with Crippen LogP contribution in [-0.4, -0.2) is 24.1 Å². The summed E-state index contributed by atoms with van der Waals surface area (Å²) < 4.78 is 20.4. The van der Waals surface area contributed by atoms with Crippen LogP contribution in [0.4, 0.5) is 10.1 Å². The third-order valence-electron chi connectivity index (χ3n) is 9.50. The van der Waals surface area contributed by atoms with Gasteiger partial charge in [0.05, 0.1) is 17.7 Å². The summed E-state index contributed by atoms with van der Waals surface area (Å²) >= 11 is 0. The highest BCUT2D eigenvalue weighted by Gasteiger charge is 2.60. The molecule has 0 N–H and O–H groups in total. The highest BCUT2D eigenvalue weighted by atomic mass is 19.1. The summed E-state index contributed by atoms with van der Waals surface area (Å²) in [5.74, 6) is 0.682.